The van der Waals surface area contributed by atoms with E-state index in [0.717, 1.165) is 17.0 Å². The number of nitrogens with zero attached hydrogens (tertiary/aromatic N) is 3. The number of carbonyl (C=O) groups excluding carboxylic acids is 3. The maximum atomic E-state index is 13.6. The van der Waals surface area contributed by atoms with Gasteiger partial charge in [-0.3, -0.25) is 29.4 Å². The predicted molar refractivity (Wildman–Crippen MR) is 128 cm³/mol. The van der Waals surface area contributed by atoms with Gasteiger partial charge in [-0.1, -0.05) is 17.7 Å². The number of rotatable bonds is 5. The van der Waals surface area contributed by atoms with Gasteiger partial charge in [0, 0.05) is 17.8 Å². The highest BCUT2D eigenvalue weighted by Crippen LogP contribution is 2.47. The molecule has 0 bridgehead atoms. The summed E-state index contributed by atoms with van der Waals surface area (Å²) >= 11 is 6.31. The van der Waals surface area contributed by atoms with Crippen LogP contribution in [0.5, 0.6) is 17.2 Å². The molecule has 3 aliphatic heterocycles. The van der Waals surface area contributed by atoms with Crippen molar-refractivity contribution in [2.24, 2.45) is 0 Å². The van der Waals surface area contributed by atoms with Crippen LogP contribution in [0.3, 0.4) is 0 Å². The number of β-lactam (4-membered cyclic amide) rings is 1. The van der Waals surface area contributed by atoms with Gasteiger partial charge in [-0.2, -0.15) is 0 Å². The Balaban J connectivity index is 1.44. The minimum atomic E-state index is -1.20. The van der Waals surface area contributed by atoms with E-state index in [2.05, 4.69) is 0 Å². The van der Waals surface area contributed by atoms with Crippen molar-refractivity contribution in [2.45, 2.75) is 12.1 Å². The first-order chi connectivity index (χ1) is 17.8. The Morgan fingerprint density at radius 1 is 0.919 bits per heavy atom. The molecular formula is C25H16ClN3O8. The highest BCUT2D eigenvalue weighted by atomic mass is 35.5. The Bertz CT molecular complexity index is 1540. The molecule has 0 unspecified atom stereocenters. The number of nitro benzene ring substituents is 1. The van der Waals surface area contributed by atoms with Crippen LogP contribution in [-0.4, -0.2) is 47.5 Å². The predicted octanol–water partition coefficient (Wildman–Crippen LogP) is 3.74. The van der Waals surface area contributed by atoms with Crippen LogP contribution in [0.1, 0.15) is 32.3 Å². The van der Waals surface area contributed by atoms with Crippen molar-refractivity contribution in [3.63, 3.8) is 0 Å². The highest BCUT2D eigenvalue weighted by molar-refractivity contribution is 6.32. The molecule has 3 heterocycles. The fourth-order valence-corrected chi connectivity index (χ4v) is 5.11. The zero-order valence-electron chi connectivity index (χ0n) is 19.0. The number of imide groups is 1. The zero-order valence-corrected chi connectivity index (χ0v) is 19.8. The first-order valence-corrected chi connectivity index (χ1v) is 11.4. The van der Waals surface area contributed by atoms with Crippen molar-refractivity contribution >= 4 is 40.7 Å². The molecule has 0 aliphatic carbocycles. The summed E-state index contributed by atoms with van der Waals surface area (Å²) in [5.41, 5.74) is 0.565. The Morgan fingerprint density at radius 2 is 1.68 bits per heavy atom. The summed E-state index contributed by atoms with van der Waals surface area (Å²) in [5.74, 6) is -0.602. The number of hydrogen-bond donors (Lipinski definition) is 0. The molecule has 37 heavy (non-hydrogen) atoms. The van der Waals surface area contributed by atoms with Crippen LogP contribution in [0.2, 0.25) is 5.02 Å². The van der Waals surface area contributed by atoms with Crippen molar-refractivity contribution in [2.75, 3.05) is 18.8 Å². The summed E-state index contributed by atoms with van der Waals surface area (Å²) in [4.78, 5) is 53.1. The number of nitro groups is 1. The van der Waals surface area contributed by atoms with E-state index in [1.807, 2.05) is 0 Å². The second-order valence-corrected chi connectivity index (χ2v) is 8.90. The number of anilines is 1. The molecule has 1 fully saturated rings. The number of hydrogen-bond acceptors (Lipinski definition) is 8. The van der Waals surface area contributed by atoms with E-state index >= 15 is 0 Å². The number of benzene rings is 3. The molecule has 0 aromatic heterocycles. The quantitative estimate of drug-likeness (QED) is 0.215. The van der Waals surface area contributed by atoms with E-state index in [9.17, 15) is 24.5 Å². The van der Waals surface area contributed by atoms with Crippen LogP contribution in [-0.2, 0) is 4.79 Å². The second-order valence-electron chi connectivity index (χ2n) is 8.50. The van der Waals surface area contributed by atoms with Gasteiger partial charge < -0.3 is 19.1 Å². The zero-order chi connectivity index (χ0) is 26.0. The van der Waals surface area contributed by atoms with Gasteiger partial charge in [0.25, 0.3) is 23.4 Å². The number of non-ortho nitro benzene ring substituents is 1. The van der Waals surface area contributed by atoms with Gasteiger partial charge in [-0.05, 0) is 42.0 Å². The van der Waals surface area contributed by atoms with Crippen LogP contribution < -0.4 is 19.1 Å². The van der Waals surface area contributed by atoms with Gasteiger partial charge >= 0.3 is 0 Å². The molecule has 186 valence electrons. The Hall–Kier alpha value is -4.64. The summed E-state index contributed by atoms with van der Waals surface area (Å²) < 4.78 is 16.1. The molecule has 2 atom stereocenters. The molecule has 3 amide bonds. The number of ether oxygens (including phenoxy) is 3. The van der Waals surface area contributed by atoms with Crippen molar-refractivity contribution in [3.05, 3.63) is 86.4 Å². The second kappa shape index (κ2) is 8.20. The van der Waals surface area contributed by atoms with E-state index < -0.39 is 34.7 Å². The van der Waals surface area contributed by atoms with E-state index in [4.69, 9.17) is 25.8 Å². The normalized spacial score (nSPS) is 19.7. The molecule has 0 saturated carbocycles. The van der Waals surface area contributed by atoms with Crippen molar-refractivity contribution in [1.82, 2.24) is 4.90 Å². The molecular weight excluding hydrogens is 506 g/mol. The lowest BCUT2D eigenvalue weighted by molar-refractivity contribution is -0.384. The Labute approximate surface area is 213 Å². The average molecular weight is 522 g/mol. The van der Waals surface area contributed by atoms with E-state index in [-0.39, 0.29) is 28.6 Å². The van der Waals surface area contributed by atoms with Gasteiger partial charge in [0.2, 0.25) is 6.79 Å². The van der Waals surface area contributed by atoms with Crippen molar-refractivity contribution < 1.29 is 33.5 Å². The molecule has 11 nitrogen and oxygen atoms in total. The lowest BCUT2D eigenvalue weighted by Gasteiger charge is -2.49. The van der Waals surface area contributed by atoms with Crippen LogP contribution in [0.4, 0.5) is 11.4 Å². The smallest absolute Gasteiger partial charge is 0.270 e. The first kappa shape index (κ1) is 22.8. The Morgan fingerprint density at radius 3 is 2.41 bits per heavy atom. The topological polar surface area (TPSA) is 129 Å². The van der Waals surface area contributed by atoms with Crippen LogP contribution in [0.15, 0.2) is 54.6 Å². The maximum Gasteiger partial charge on any atom is 0.270 e. The minimum Gasteiger partial charge on any atom is -0.495 e. The number of methoxy groups -OCH3 is 1. The number of halogens is 1. The third-order valence-electron chi connectivity index (χ3n) is 6.61. The summed E-state index contributed by atoms with van der Waals surface area (Å²) in [6.45, 7) is 0.0425. The SMILES string of the molecule is COc1ccc(N2C(=O)[C@H](N3C(=O)c4ccc([N+](=O)[O-])cc4C3=O)[C@@H]2c2ccc3c(c2)OCO3)cc1Cl. The highest BCUT2D eigenvalue weighted by Gasteiger charge is 2.57. The van der Waals surface area contributed by atoms with Gasteiger partial charge in [-0.25, -0.2) is 0 Å². The van der Waals surface area contributed by atoms with Crippen LogP contribution in [0.25, 0.3) is 0 Å². The number of amides is 3. The van der Waals surface area contributed by atoms with Gasteiger partial charge in [0.05, 0.1) is 34.2 Å². The van der Waals surface area contributed by atoms with Gasteiger partial charge in [-0.15, -0.1) is 0 Å². The molecule has 6 rings (SSSR count). The minimum absolute atomic E-state index is 0.00113. The summed E-state index contributed by atoms with van der Waals surface area (Å²) in [5, 5.41) is 11.5. The van der Waals surface area contributed by atoms with Gasteiger partial charge in [0.15, 0.2) is 11.5 Å². The Kier molecular flexibility index (Phi) is 5.06. The van der Waals surface area contributed by atoms with Crippen molar-refractivity contribution in [3.8, 4) is 17.2 Å². The first-order valence-electron chi connectivity index (χ1n) is 11.0. The monoisotopic (exact) mass is 521 g/mol. The molecule has 3 aromatic rings. The molecule has 3 aliphatic rings. The molecule has 0 N–H and O–H groups in total. The van der Waals surface area contributed by atoms with Crippen molar-refractivity contribution in [1.29, 1.82) is 0 Å². The average Bonchev–Trinajstić information content (AvgIpc) is 3.45. The summed E-state index contributed by atoms with van der Waals surface area (Å²) in [6, 6.07) is 11.3. The third-order valence-corrected chi connectivity index (χ3v) is 6.91. The summed E-state index contributed by atoms with van der Waals surface area (Å²) in [6.07, 6.45) is 0. The number of fused-ring (bicyclic) bond motifs is 2. The maximum absolute atomic E-state index is 13.6. The van der Waals surface area contributed by atoms with Crippen LogP contribution in [0, 0.1) is 10.1 Å². The summed E-state index contributed by atoms with van der Waals surface area (Å²) in [7, 11) is 1.47. The molecule has 3 aromatic carbocycles. The van der Waals surface area contributed by atoms with E-state index in [0.29, 0.717) is 28.5 Å². The molecule has 1 saturated heterocycles. The molecule has 0 spiro atoms. The largest absolute Gasteiger partial charge is 0.495 e. The fourth-order valence-electron chi connectivity index (χ4n) is 4.86. The van der Waals surface area contributed by atoms with E-state index in [1.54, 1.807) is 36.4 Å². The lowest BCUT2D eigenvalue weighted by Crippen LogP contribution is -2.67. The lowest BCUT2D eigenvalue weighted by atomic mass is 9.86. The van der Waals surface area contributed by atoms with E-state index in [1.165, 1.54) is 18.1 Å². The molecule has 0 radical (unpaired) electrons. The third kappa shape index (κ3) is 3.31. The van der Waals surface area contributed by atoms with Gasteiger partial charge in [0.1, 0.15) is 11.8 Å². The van der Waals surface area contributed by atoms with Crippen LogP contribution >= 0.6 is 11.6 Å². The molecule has 12 heteroatoms. The number of carbonyl (C=O) groups is 3. The standard InChI is InChI=1S/C25H16ClN3O8/c1-35-18-7-4-13(10-17(18)26)27-21(12-2-6-19-20(8-12)37-11-36-19)22(25(27)32)28-23(30)15-5-3-14(29(33)34)9-16(15)24(28)31/h2-10,21-22H,11H2,1H3/t21-,22+/m0/s1. The fraction of sp³-hybridized carbons (Fsp3) is 0.160.